The van der Waals surface area contributed by atoms with Crippen LogP contribution in [0.25, 0.3) is 10.8 Å². The molecule has 0 amide bonds. The Bertz CT molecular complexity index is 590. The monoisotopic (exact) mass is 328 g/mol. The van der Waals surface area contributed by atoms with Gasteiger partial charge in [-0.25, -0.2) is 4.79 Å². The second kappa shape index (κ2) is 4.29. The maximum atomic E-state index is 11.1. The summed E-state index contributed by atoms with van der Waals surface area (Å²) in [5.41, 5.74) is 1.22. The van der Waals surface area contributed by atoms with Gasteiger partial charge in [0.2, 0.25) is 0 Å². The Labute approximate surface area is 103 Å². The molecule has 0 atom stereocenters. The second-order valence-corrected chi connectivity index (χ2v) is 5.11. The number of carboxylic acid groups (broad SMARTS) is 1. The fourth-order valence-electron chi connectivity index (χ4n) is 1.68. The van der Waals surface area contributed by atoms with Crippen LogP contribution in [0.15, 0.2) is 30.3 Å². The van der Waals surface area contributed by atoms with Gasteiger partial charge in [-0.15, -0.1) is 0 Å². The van der Waals surface area contributed by atoms with Crippen molar-refractivity contribution in [3.63, 3.8) is 0 Å². The van der Waals surface area contributed by atoms with Crippen LogP contribution in [0.3, 0.4) is 0 Å². The van der Waals surface area contributed by atoms with E-state index in [9.17, 15) is 7.86 Å². The zero-order chi connectivity index (χ0) is 11.7. The van der Waals surface area contributed by atoms with Gasteiger partial charge in [-0.05, 0) is 35.4 Å². The van der Waals surface area contributed by atoms with E-state index in [2.05, 4.69) is 0 Å². The van der Waals surface area contributed by atoms with Crippen molar-refractivity contribution in [2.75, 3.05) is 0 Å². The molecule has 0 spiro atoms. The van der Waals surface area contributed by atoms with Crippen LogP contribution in [0, 0.1) is 10.5 Å². The maximum absolute atomic E-state index is 11.1. The first-order valence-electron chi connectivity index (χ1n) is 4.67. The minimum atomic E-state index is -1.46. The van der Waals surface area contributed by atoms with Crippen molar-refractivity contribution in [1.82, 2.24) is 0 Å². The number of aromatic carboxylic acids is 1. The van der Waals surface area contributed by atoms with Crippen LogP contribution in [0.5, 0.6) is 0 Å². The summed E-state index contributed by atoms with van der Waals surface area (Å²) < 4.78 is 11.5. The standard InChI is InChI=1S/C12H9IO3/c1-7-3-2-4-8-5-10(12(14)15)11(13-16)6-9(7)8/h2-6H,1H3,(H,14,15). The Morgan fingerprint density at radius 2 is 2.06 bits per heavy atom. The van der Waals surface area contributed by atoms with E-state index in [0.717, 1.165) is 16.3 Å². The summed E-state index contributed by atoms with van der Waals surface area (Å²) in [5.74, 6) is -1.02. The van der Waals surface area contributed by atoms with Crippen LogP contribution in [0.2, 0.25) is 0 Å². The molecule has 3 nitrogen and oxygen atoms in total. The third-order valence-electron chi connectivity index (χ3n) is 2.50. The number of aryl methyl sites for hydroxylation is 1. The predicted molar refractivity (Wildman–Crippen MR) is 69.0 cm³/mol. The highest BCUT2D eigenvalue weighted by Crippen LogP contribution is 2.26. The summed E-state index contributed by atoms with van der Waals surface area (Å²) >= 11 is -1.46. The lowest BCUT2D eigenvalue weighted by Crippen LogP contribution is -2.00. The van der Waals surface area contributed by atoms with Crippen molar-refractivity contribution in [3.8, 4) is 0 Å². The van der Waals surface area contributed by atoms with Crippen LogP contribution in [-0.4, -0.2) is 11.1 Å². The lowest BCUT2D eigenvalue weighted by molar-refractivity contribution is 0.0696. The van der Waals surface area contributed by atoms with Crippen molar-refractivity contribution >= 4 is 37.9 Å². The van der Waals surface area contributed by atoms with Crippen LogP contribution < -0.4 is 0 Å². The molecule has 0 saturated carbocycles. The summed E-state index contributed by atoms with van der Waals surface area (Å²) in [5, 5.41) is 10.8. The normalized spacial score (nSPS) is 10.6. The Morgan fingerprint density at radius 3 is 2.69 bits per heavy atom. The first-order valence-corrected chi connectivity index (χ1v) is 6.63. The predicted octanol–water partition coefficient (Wildman–Crippen LogP) is 3.33. The number of hydrogen-bond acceptors (Lipinski definition) is 2. The smallest absolute Gasteiger partial charge is 0.336 e. The Hall–Kier alpha value is -1.30. The molecule has 0 aliphatic rings. The van der Waals surface area contributed by atoms with Crippen molar-refractivity contribution in [3.05, 3.63) is 45.0 Å². The number of rotatable bonds is 2. The van der Waals surface area contributed by atoms with Crippen LogP contribution >= 0.6 is 21.2 Å². The molecule has 1 N–H and O–H groups in total. The van der Waals surface area contributed by atoms with Gasteiger partial charge in [0, 0.05) is 0 Å². The minimum Gasteiger partial charge on any atom is -0.478 e. The number of halogens is 1. The van der Waals surface area contributed by atoms with Crippen LogP contribution in [-0.2, 0) is 3.07 Å². The van der Waals surface area contributed by atoms with Gasteiger partial charge < -0.3 is 5.11 Å². The zero-order valence-corrected chi connectivity index (χ0v) is 10.7. The number of carbonyl (C=O) groups is 1. The third-order valence-corrected chi connectivity index (χ3v) is 3.87. The number of fused-ring (bicyclic) bond motifs is 1. The Morgan fingerprint density at radius 1 is 1.31 bits per heavy atom. The van der Waals surface area contributed by atoms with E-state index in [1.807, 2.05) is 25.1 Å². The topological polar surface area (TPSA) is 54.4 Å². The Kier molecular flexibility index (Phi) is 3.00. The number of hydrogen-bond donors (Lipinski definition) is 1. The lowest BCUT2D eigenvalue weighted by atomic mass is 10.0. The minimum absolute atomic E-state index is 0.154. The zero-order valence-electron chi connectivity index (χ0n) is 8.53. The molecule has 0 unspecified atom stereocenters. The molecule has 16 heavy (non-hydrogen) atoms. The molecule has 82 valence electrons. The maximum Gasteiger partial charge on any atom is 0.336 e. The van der Waals surface area contributed by atoms with Crippen molar-refractivity contribution in [1.29, 1.82) is 0 Å². The molecule has 0 radical (unpaired) electrons. The van der Waals surface area contributed by atoms with Crippen LogP contribution in [0.4, 0.5) is 0 Å². The van der Waals surface area contributed by atoms with Gasteiger partial charge in [0.15, 0.2) is 21.2 Å². The van der Waals surface area contributed by atoms with Crippen molar-refractivity contribution in [2.45, 2.75) is 6.92 Å². The molecule has 0 fully saturated rings. The van der Waals surface area contributed by atoms with Gasteiger partial charge in [-0.2, -0.15) is 0 Å². The summed E-state index contributed by atoms with van der Waals surface area (Å²) in [4.78, 5) is 11.0. The first kappa shape index (κ1) is 11.2. The van der Waals surface area contributed by atoms with Gasteiger partial charge in [-0.1, -0.05) is 18.2 Å². The van der Waals surface area contributed by atoms with Crippen LogP contribution in [0.1, 0.15) is 15.9 Å². The summed E-state index contributed by atoms with van der Waals surface area (Å²) in [6.07, 6.45) is 0. The van der Waals surface area contributed by atoms with E-state index in [1.54, 1.807) is 12.1 Å². The average Bonchev–Trinajstić information content (AvgIpc) is 2.28. The van der Waals surface area contributed by atoms with E-state index in [-0.39, 0.29) is 5.56 Å². The molecule has 4 heteroatoms. The SMILES string of the molecule is Cc1cccc2cc(C(=O)O)c(I=O)cc12. The highest BCUT2D eigenvalue weighted by Gasteiger charge is 2.12. The quantitative estimate of drug-likeness (QED) is 0.861. The van der Waals surface area contributed by atoms with Gasteiger partial charge >= 0.3 is 5.97 Å². The molecule has 0 aromatic heterocycles. The van der Waals surface area contributed by atoms with Crippen molar-refractivity contribution < 1.29 is 13.0 Å². The molecule has 0 aliphatic carbocycles. The summed E-state index contributed by atoms with van der Waals surface area (Å²) in [6, 6.07) is 9.03. The molecular formula is C12H9IO3. The van der Waals surface area contributed by atoms with E-state index in [1.165, 1.54) is 0 Å². The van der Waals surface area contributed by atoms with Gasteiger partial charge in [0.05, 0.1) is 9.13 Å². The average molecular weight is 328 g/mol. The Balaban J connectivity index is 2.85. The van der Waals surface area contributed by atoms with Crippen molar-refractivity contribution in [2.24, 2.45) is 0 Å². The second-order valence-electron chi connectivity index (χ2n) is 3.51. The fraction of sp³-hybridized carbons (Fsp3) is 0.0833. The first-order chi connectivity index (χ1) is 7.63. The highest BCUT2D eigenvalue weighted by atomic mass is 127. The molecule has 2 aromatic rings. The van der Waals surface area contributed by atoms with E-state index in [4.69, 9.17) is 5.11 Å². The molecule has 2 rings (SSSR count). The number of carboxylic acids is 1. The van der Waals surface area contributed by atoms with E-state index in [0.29, 0.717) is 3.57 Å². The van der Waals surface area contributed by atoms with Gasteiger partial charge in [-0.3, -0.25) is 3.07 Å². The molecule has 0 heterocycles. The largest absolute Gasteiger partial charge is 0.478 e. The third kappa shape index (κ3) is 1.84. The molecule has 0 bridgehead atoms. The number of benzene rings is 2. The summed E-state index contributed by atoms with van der Waals surface area (Å²) in [6.45, 7) is 1.95. The van der Waals surface area contributed by atoms with E-state index >= 15 is 0 Å². The lowest BCUT2D eigenvalue weighted by Gasteiger charge is -2.05. The highest BCUT2D eigenvalue weighted by molar-refractivity contribution is 14.1. The molecule has 0 saturated heterocycles. The van der Waals surface area contributed by atoms with Gasteiger partial charge in [0.1, 0.15) is 0 Å². The molecular weight excluding hydrogens is 319 g/mol. The van der Waals surface area contributed by atoms with E-state index < -0.39 is 27.2 Å². The summed E-state index contributed by atoms with van der Waals surface area (Å²) in [7, 11) is 0. The molecule has 2 aromatic carbocycles. The fourth-order valence-corrected chi connectivity index (χ4v) is 2.75. The van der Waals surface area contributed by atoms with Gasteiger partial charge in [0.25, 0.3) is 0 Å². The molecule has 0 aliphatic heterocycles.